The third-order valence-corrected chi connectivity index (χ3v) is 7.73. The van der Waals surface area contributed by atoms with E-state index >= 15 is 0 Å². The molecular formula is C27H32N2O5S. The van der Waals surface area contributed by atoms with Gasteiger partial charge in [0.05, 0.1) is 11.7 Å². The number of hydrogen-bond donors (Lipinski definition) is 3. The molecule has 2 aromatic carbocycles. The minimum Gasteiger partial charge on any atom is -0.481 e. The van der Waals surface area contributed by atoms with Crippen LogP contribution < -0.4 is 10.6 Å². The first kappa shape index (κ1) is 25.1. The number of carbonyl (C=O) groups is 3. The zero-order chi connectivity index (χ0) is 24.6. The van der Waals surface area contributed by atoms with Gasteiger partial charge in [-0.15, -0.1) is 0 Å². The van der Waals surface area contributed by atoms with Gasteiger partial charge < -0.3 is 20.5 Å². The molecule has 2 aliphatic rings. The van der Waals surface area contributed by atoms with Gasteiger partial charge >= 0.3 is 12.1 Å². The Morgan fingerprint density at radius 1 is 0.943 bits per heavy atom. The van der Waals surface area contributed by atoms with Crippen LogP contribution in [0.2, 0.25) is 0 Å². The van der Waals surface area contributed by atoms with Crippen molar-refractivity contribution in [3.8, 4) is 11.1 Å². The van der Waals surface area contributed by atoms with Gasteiger partial charge in [-0.05, 0) is 35.1 Å². The van der Waals surface area contributed by atoms with Crippen molar-refractivity contribution < 1.29 is 24.2 Å². The molecule has 0 radical (unpaired) electrons. The van der Waals surface area contributed by atoms with E-state index in [1.165, 1.54) is 34.0 Å². The minimum absolute atomic E-state index is 0.0184. The van der Waals surface area contributed by atoms with Gasteiger partial charge in [-0.1, -0.05) is 67.8 Å². The van der Waals surface area contributed by atoms with E-state index in [2.05, 4.69) is 34.9 Å². The van der Waals surface area contributed by atoms with Crippen molar-refractivity contribution in [3.05, 3.63) is 59.7 Å². The largest absolute Gasteiger partial charge is 0.481 e. The quantitative estimate of drug-likeness (QED) is 0.351. The molecular weight excluding hydrogens is 464 g/mol. The molecule has 0 unspecified atom stereocenters. The first-order chi connectivity index (χ1) is 17.0. The topological polar surface area (TPSA) is 105 Å². The second kappa shape index (κ2) is 12.1. The van der Waals surface area contributed by atoms with E-state index in [1.54, 1.807) is 0 Å². The first-order valence-corrected chi connectivity index (χ1v) is 13.4. The van der Waals surface area contributed by atoms with Crippen molar-refractivity contribution in [2.24, 2.45) is 5.92 Å². The maximum absolute atomic E-state index is 12.3. The van der Waals surface area contributed by atoms with Gasteiger partial charge in [0.15, 0.2) is 0 Å². The number of rotatable bonds is 9. The number of carboxylic acids is 1. The van der Waals surface area contributed by atoms with E-state index in [9.17, 15) is 19.5 Å². The molecule has 3 N–H and O–H groups in total. The third kappa shape index (κ3) is 6.36. The van der Waals surface area contributed by atoms with Crippen LogP contribution in [0.15, 0.2) is 48.5 Å². The summed E-state index contributed by atoms with van der Waals surface area (Å²) in [5.74, 6) is -0.696. The van der Waals surface area contributed by atoms with E-state index in [1.807, 2.05) is 24.3 Å². The van der Waals surface area contributed by atoms with Crippen LogP contribution >= 0.6 is 11.8 Å². The van der Waals surface area contributed by atoms with Crippen LogP contribution in [0.25, 0.3) is 11.1 Å². The molecule has 8 heteroatoms. The highest BCUT2D eigenvalue weighted by atomic mass is 32.2. The molecule has 2 aromatic rings. The monoisotopic (exact) mass is 496 g/mol. The van der Waals surface area contributed by atoms with Crippen molar-refractivity contribution in [3.63, 3.8) is 0 Å². The number of carboxylic acid groups (broad SMARTS) is 1. The van der Waals surface area contributed by atoms with Crippen LogP contribution in [0.3, 0.4) is 0 Å². The number of amides is 2. The lowest BCUT2D eigenvalue weighted by atomic mass is 9.95. The SMILES string of the molecule is O=C(CSCCNC(=O)OCC1c2ccccc2-c2ccccc21)N[C@H]1CCCCC[C@H]1C(=O)O. The van der Waals surface area contributed by atoms with Crippen LogP contribution in [-0.2, 0) is 14.3 Å². The lowest BCUT2D eigenvalue weighted by Crippen LogP contribution is -2.43. The average molecular weight is 497 g/mol. The predicted octanol–water partition coefficient (Wildman–Crippen LogP) is 4.41. The molecule has 4 rings (SSSR count). The molecule has 1 saturated carbocycles. The number of aliphatic carboxylic acids is 1. The summed E-state index contributed by atoms with van der Waals surface area (Å²) in [6.45, 7) is 0.650. The molecule has 0 aromatic heterocycles. The Balaban J connectivity index is 1.16. The molecule has 2 aliphatic carbocycles. The summed E-state index contributed by atoms with van der Waals surface area (Å²) in [6.07, 6.45) is 3.67. The Kier molecular flexibility index (Phi) is 8.69. The summed E-state index contributed by atoms with van der Waals surface area (Å²) in [7, 11) is 0. The summed E-state index contributed by atoms with van der Waals surface area (Å²) < 4.78 is 5.52. The standard InChI is InChI=1S/C27H32N2O5S/c30-25(29-24-13-3-1-2-12-22(24)26(31)32)17-35-15-14-28-27(33)34-16-23-20-10-6-4-8-18(20)19-9-5-7-11-21(19)23/h4-11,22-24H,1-3,12-17H2,(H,28,33)(H,29,30)(H,31,32)/t22-,24+/m1/s1. The van der Waals surface area contributed by atoms with Crippen LogP contribution in [0.5, 0.6) is 0 Å². The van der Waals surface area contributed by atoms with Crippen molar-refractivity contribution in [2.45, 2.75) is 44.1 Å². The minimum atomic E-state index is -0.836. The number of alkyl carbamates (subject to hydrolysis) is 1. The molecule has 1 fully saturated rings. The summed E-state index contributed by atoms with van der Waals surface area (Å²) in [6, 6.07) is 16.1. The summed E-state index contributed by atoms with van der Waals surface area (Å²) in [4.78, 5) is 36.1. The Labute approximate surface area is 210 Å². The molecule has 35 heavy (non-hydrogen) atoms. The number of nitrogens with one attached hydrogen (secondary N) is 2. The van der Waals surface area contributed by atoms with Gasteiger partial charge in [-0.3, -0.25) is 9.59 Å². The highest BCUT2D eigenvalue weighted by Gasteiger charge is 2.31. The van der Waals surface area contributed by atoms with E-state index in [0.717, 1.165) is 19.3 Å². The molecule has 0 spiro atoms. The van der Waals surface area contributed by atoms with E-state index in [4.69, 9.17) is 4.74 Å². The second-order valence-electron chi connectivity index (χ2n) is 9.06. The average Bonchev–Trinajstić information content (AvgIpc) is 2.98. The van der Waals surface area contributed by atoms with Crippen molar-refractivity contribution in [2.75, 3.05) is 24.7 Å². The zero-order valence-electron chi connectivity index (χ0n) is 19.7. The first-order valence-electron chi connectivity index (χ1n) is 12.2. The van der Waals surface area contributed by atoms with Gasteiger partial charge in [-0.25, -0.2) is 4.79 Å². The smallest absolute Gasteiger partial charge is 0.407 e. The number of thioether (sulfide) groups is 1. The Morgan fingerprint density at radius 2 is 1.60 bits per heavy atom. The lowest BCUT2D eigenvalue weighted by molar-refractivity contribution is -0.143. The maximum atomic E-state index is 12.3. The fraction of sp³-hybridized carbons (Fsp3) is 0.444. The molecule has 0 saturated heterocycles. The number of ether oxygens (including phenoxy) is 1. The normalized spacial score (nSPS) is 19.2. The lowest BCUT2D eigenvalue weighted by Gasteiger charge is -2.22. The van der Waals surface area contributed by atoms with Gasteiger partial charge in [-0.2, -0.15) is 11.8 Å². The predicted molar refractivity (Wildman–Crippen MR) is 137 cm³/mol. The highest BCUT2D eigenvalue weighted by molar-refractivity contribution is 7.99. The van der Waals surface area contributed by atoms with E-state index in [0.29, 0.717) is 25.1 Å². The molecule has 2 amide bonds. The number of benzene rings is 2. The van der Waals surface area contributed by atoms with Crippen LogP contribution in [0.4, 0.5) is 4.79 Å². The van der Waals surface area contributed by atoms with Gasteiger partial charge in [0, 0.05) is 24.3 Å². The van der Waals surface area contributed by atoms with E-state index in [-0.39, 0.29) is 30.2 Å². The fourth-order valence-corrected chi connectivity index (χ4v) is 5.72. The van der Waals surface area contributed by atoms with Gasteiger partial charge in [0.2, 0.25) is 5.91 Å². The summed E-state index contributed by atoms with van der Waals surface area (Å²) in [5, 5.41) is 15.1. The Morgan fingerprint density at radius 3 is 2.29 bits per heavy atom. The molecule has 7 nitrogen and oxygen atoms in total. The zero-order valence-corrected chi connectivity index (χ0v) is 20.5. The second-order valence-corrected chi connectivity index (χ2v) is 10.2. The van der Waals surface area contributed by atoms with Crippen LogP contribution in [-0.4, -0.2) is 53.8 Å². The van der Waals surface area contributed by atoms with Crippen molar-refractivity contribution in [1.82, 2.24) is 10.6 Å². The van der Waals surface area contributed by atoms with Crippen molar-refractivity contribution in [1.29, 1.82) is 0 Å². The molecule has 0 bridgehead atoms. The molecule has 0 heterocycles. The third-order valence-electron chi connectivity index (χ3n) is 6.77. The summed E-state index contributed by atoms with van der Waals surface area (Å²) >= 11 is 1.40. The fourth-order valence-electron chi connectivity index (χ4n) is 5.06. The highest BCUT2D eigenvalue weighted by Crippen LogP contribution is 2.44. The number of carbonyl (C=O) groups excluding carboxylic acids is 2. The van der Waals surface area contributed by atoms with Crippen LogP contribution in [0, 0.1) is 5.92 Å². The summed E-state index contributed by atoms with van der Waals surface area (Å²) in [5.41, 5.74) is 4.71. The molecule has 0 aliphatic heterocycles. The van der Waals surface area contributed by atoms with Gasteiger partial charge in [0.1, 0.15) is 6.61 Å². The van der Waals surface area contributed by atoms with Crippen LogP contribution in [0.1, 0.15) is 49.1 Å². The number of hydrogen-bond acceptors (Lipinski definition) is 5. The van der Waals surface area contributed by atoms with Gasteiger partial charge in [0.25, 0.3) is 0 Å². The Hall–Kier alpha value is -3.00. The molecule has 186 valence electrons. The van der Waals surface area contributed by atoms with Crippen molar-refractivity contribution >= 4 is 29.7 Å². The van der Waals surface area contributed by atoms with E-state index < -0.39 is 18.0 Å². The number of fused-ring (bicyclic) bond motifs is 3. The Bertz CT molecular complexity index is 1010. The molecule has 2 atom stereocenters. The maximum Gasteiger partial charge on any atom is 0.407 e.